The third kappa shape index (κ3) is 4.80. The molecular weight excluding hydrogens is 422 g/mol. The van der Waals surface area contributed by atoms with Gasteiger partial charge in [-0.25, -0.2) is 0 Å². The zero-order chi connectivity index (χ0) is 21.8. The van der Waals surface area contributed by atoms with Crippen molar-refractivity contribution in [2.45, 2.75) is 12.6 Å². The van der Waals surface area contributed by atoms with Crippen LogP contribution in [0.25, 0.3) is 0 Å². The molecule has 32 heavy (non-hydrogen) atoms. The number of nitrogens with one attached hydrogen (secondary N) is 1. The first-order chi connectivity index (χ1) is 15.8. The SMILES string of the molecule is O=C(CN[C@@H](c1ccccc1)c1cccs1)N1CCN(Cc2ccc3c(c2)OCO3)CC1. The number of piperazine rings is 1. The molecule has 1 aromatic heterocycles. The van der Waals surface area contributed by atoms with E-state index in [9.17, 15) is 4.79 Å². The number of nitrogens with zero attached hydrogens (tertiary/aromatic N) is 2. The summed E-state index contributed by atoms with van der Waals surface area (Å²) in [6.45, 7) is 4.72. The number of amides is 1. The van der Waals surface area contributed by atoms with Crippen LogP contribution in [-0.2, 0) is 11.3 Å². The van der Waals surface area contributed by atoms with E-state index in [2.05, 4.69) is 52.0 Å². The van der Waals surface area contributed by atoms with Crippen molar-refractivity contribution >= 4 is 17.2 Å². The highest BCUT2D eigenvalue weighted by Crippen LogP contribution is 2.33. The monoisotopic (exact) mass is 449 g/mol. The molecule has 7 heteroatoms. The van der Waals surface area contributed by atoms with Crippen LogP contribution in [0.5, 0.6) is 11.5 Å². The molecule has 0 saturated carbocycles. The van der Waals surface area contributed by atoms with Crippen molar-refractivity contribution in [3.8, 4) is 11.5 Å². The van der Waals surface area contributed by atoms with Crippen LogP contribution in [0.1, 0.15) is 22.0 Å². The fourth-order valence-electron chi connectivity index (χ4n) is 4.24. The van der Waals surface area contributed by atoms with Gasteiger partial charge >= 0.3 is 0 Å². The maximum atomic E-state index is 12.9. The summed E-state index contributed by atoms with van der Waals surface area (Å²) in [6, 6.07) is 20.6. The minimum absolute atomic E-state index is 0.0347. The second-order valence-electron chi connectivity index (χ2n) is 8.08. The van der Waals surface area contributed by atoms with Crippen molar-refractivity contribution in [3.05, 3.63) is 82.0 Å². The highest BCUT2D eigenvalue weighted by Gasteiger charge is 2.23. The molecule has 166 valence electrons. The van der Waals surface area contributed by atoms with Crippen molar-refractivity contribution in [3.63, 3.8) is 0 Å². The highest BCUT2D eigenvalue weighted by molar-refractivity contribution is 7.10. The van der Waals surface area contributed by atoms with Gasteiger partial charge in [-0.15, -0.1) is 11.3 Å². The van der Waals surface area contributed by atoms with E-state index in [1.807, 2.05) is 29.2 Å². The van der Waals surface area contributed by atoms with Gasteiger partial charge in [-0.3, -0.25) is 15.0 Å². The second-order valence-corrected chi connectivity index (χ2v) is 9.06. The Labute approximate surface area is 192 Å². The maximum absolute atomic E-state index is 12.9. The first kappa shape index (κ1) is 21.0. The largest absolute Gasteiger partial charge is 0.454 e. The lowest BCUT2D eigenvalue weighted by Crippen LogP contribution is -2.50. The quantitative estimate of drug-likeness (QED) is 0.598. The van der Waals surface area contributed by atoms with Gasteiger partial charge in [0.25, 0.3) is 0 Å². The van der Waals surface area contributed by atoms with E-state index in [1.54, 1.807) is 11.3 Å². The molecule has 6 nitrogen and oxygen atoms in total. The first-order valence-corrected chi connectivity index (χ1v) is 11.8. The predicted molar refractivity (Wildman–Crippen MR) is 125 cm³/mol. The minimum Gasteiger partial charge on any atom is -0.454 e. The van der Waals surface area contributed by atoms with Gasteiger partial charge in [0.05, 0.1) is 12.6 Å². The molecular formula is C25H27N3O3S. The van der Waals surface area contributed by atoms with Gasteiger partial charge in [0, 0.05) is 37.6 Å². The molecule has 2 aliphatic rings. The van der Waals surface area contributed by atoms with Gasteiger partial charge in [-0.05, 0) is 34.7 Å². The van der Waals surface area contributed by atoms with Gasteiger partial charge in [0.2, 0.25) is 12.7 Å². The van der Waals surface area contributed by atoms with Gasteiger partial charge in [-0.1, -0.05) is 42.5 Å². The van der Waals surface area contributed by atoms with E-state index >= 15 is 0 Å². The van der Waals surface area contributed by atoms with Gasteiger partial charge < -0.3 is 14.4 Å². The van der Waals surface area contributed by atoms with Crippen molar-refractivity contribution in [2.24, 2.45) is 0 Å². The molecule has 3 aromatic rings. The summed E-state index contributed by atoms with van der Waals surface area (Å²) in [7, 11) is 0. The van der Waals surface area contributed by atoms with Crippen molar-refractivity contribution < 1.29 is 14.3 Å². The number of ether oxygens (including phenoxy) is 2. The summed E-state index contributed by atoms with van der Waals surface area (Å²) in [5, 5.41) is 5.57. The molecule has 0 unspecified atom stereocenters. The summed E-state index contributed by atoms with van der Waals surface area (Å²) in [6.07, 6.45) is 0. The fourth-order valence-corrected chi connectivity index (χ4v) is 5.06. The molecule has 1 atom stereocenters. The summed E-state index contributed by atoms with van der Waals surface area (Å²) < 4.78 is 10.9. The van der Waals surface area contributed by atoms with Gasteiger partial charge in [0.15, 0.2) is 11.5 Å². The summed E-state index contributed by atoms with van der Waals surface area (Å²) in [5.41, 5.74) is 2.38. The molecule has 2 aromatic carbocycles. The van der Waals surface area contributed by atoms with Crippen LogP contribution < -0.4 is 14.8 Å². The molecule has 0 aliphatic carbocycles. The lowest BCUT2D eigenvalue weighted by atomic mass is 10.1. The van der Waals surface area contributed by atoms with Crippen LogP contribution in [-0.4, -0.2) is 55.2 Å². The van der Waals surface area contributed by atoms with Crippen LogP contribution in [0.3, 0.4) is 0 Å². The Hall–Kier alpha value is -2.87. The summed E-state index contributed by atoms with van der Waals surface area (Å²) >= 11 is 1.71. The van der Waals surface area contributed by atoms with Crippen molar-refractivity contribution in [1.82, 2.24) is 15.1 Å². The van der Waals surface area contributed by atoms with Crippen LogP contribution in [0.15, 0.2) is 66.0 Å². The van der Waals surface area contributed by atoms with Crippen molar-refractivity contribution in [1.29, 1.82) is 0 Å². The molecule has 1 fully saturated rings. The predicted octanol–water partition coefficient (Wildman–Crippen LogP) is 3.50. The Kier molecular flexibility index (Phi) is 6.39. The summed E-state index contributed by atoms with van der Waals surface area (Å²) in [5.74, 6) is 1.79. The number of carbonyl (C=O) groups is 1. The lowest BCUT2D eigenvalue weighted by molar-refractivity contribution is -0.132. The Morgan fingerprint density at radius 1 is 0.969 bits per heavy atom. The van der Waals surface area contributed by atoms with Crippen LogP contribution in [0.2, 0.25) is 0 Å². The lowest BCUT2D eigenvalue weighted by Gasteiger charge is -2.35. The van der Waals surface area contributed by atoms with E-state index in [-0.39, 0.29) is 11.9 Å². The summed E-state index contributed by atoms with van der Waals surface area (Å²) in [4.78, 5) is 18.5. The smallest absolute Gasteiger partial charge is 0.236 e. The fraction of sp³-hybridized carbons (Fsp3) is 0.320. The standard InChI is InChI=1S/C25H27N3O3S/c29-24(16-26-25(23-7-4-14-32-23)20-5-2-1-3-6-20)28-12-10-27(11-13-28)17-19-8-9-21-22(15-19)31-18-30-21/h1-9,14-15,25-26H,10-13,16-18H2/t25-/m0/s1. The molecule has 1 N–H and O–H groups in total. The minimum atomic E-state index is 0.0347. The Morgan fingerprint density at radius 2 is 1.78 bits per heavy atom. The number of benzene rings is 2. The van der Waals surface area contributed by atoms with Crippen molar-refractivity contribution in [2.75, 3.05) is 39.5 Å². The molecule has 5 rings (SSSR count). The Balaban J connectivity index is 1.13. The van der Waals surface area contributed by atoms with Crippen LogP contribution >= 0.6 is 11.3 Å². The second kappa shape index (κ2) is 9.73. The highest BCUT2D eigenvalue weighted by atomic mass is 32.1. The molecule has 0 bridgehead atoms. The molecule has 2 aliphatic heterocycles. The Morgan fingerprint density at radius 3 is 2.56 bits per heavy atom. The number of fused-ring (bicyclic) bond motifs is 1. The number of rotatable bonds is 7. The average Bonchev–Trinajstić information content (AvgIpc) is 3.52. The van der Waals surface area contributed by atoms with E-state index < -0.39 is 0 Å². The zero-order valence-electron chi connectivity index (χ0n) is 17.9. The number of carbonyl (C=O) groups excluding carboxylic acids is 1. The third-order valence-corrected chi connectivity index (χ3v) is 6.92. The number of hydrogen-bond donors (Lipinski definition) is 1. The zero-order valence-corrected chi connectivity index (χ0v) is 18.7. The molecule has 3 heterocycles. The topological polar surface area (TPSA) is 54.0 Å². The molecule has 0 spiro atoms. The molecule has 1 saturated heterocycles. The average molecular weight is 450 g/mol. The molecule has 1 amide bonds. The van der Waals surface area contributed by atoms with E-state index in [1.165, 1.54) is 16.0 Å². The first-order valence-electron chi connectivity index (χ1n) is 11.0. The number of thiophene rings is 1. The maximum Gasteiger partial charge on any atom is 0.236 e. The van der Waals surface area contributed by atoms with Crippen LogP contribution in [0.4, 0.5) is 0 Å². The Bertz CT molecular complexity index is 1030. The van der Waals surface area contributed by atoms with Crippen LogP contribution in [0, 0.1) is 0 Å². The van der Waals surface area contributed by atoms with E-state index in [4.69, 9.17) is 9.47 Å². The van der Waals surface area contributed by atoms with Gasteiger partial charge in [0.1, 0.15) is 0 Å². The van der Waals surface area contributed by atoms with E-state index in [0.29, 0.717) is 13.3 Å². The number of hydrogen-bond acceptors (Lipinski definition) is 6. The molecule has 0 radical (unpaired) electrons. The van der Waals surface area contributed by atoms with E-state index in [0.717, 1.165) is 44.2 Å². The normalized spacial score (nSPS) is 16.8. The third-order valence-electron chi connectivity index (χ3n) is 5.99. The van der Waals surface area contributed by atoms with Gasteiger partial charge in [-0.2, -0.15) is 0 Å².